The second kappa shape index (κ2) is 7.51. The van der Waals surface area contributed by atoms with Crippen molar-refractivity contribution < 1.29 is 22.8 Å². The number of halogens is 3. The number of nitrogens with zero attached hydrogens (tertiary/aromatic N) is 4. The quantitative estimate of drug-likeness (QED) is 0.452. The number of rotatable bonds is 5. The molecule has 0 amide bonds. The van der Waals surface area contributed by atoms with Crippen LogP contribution in [0.3, 0.4) is 0 Å². The molecular formula is C18H13F3N4O3. The van der Waals surface area contributed by atoms with Crippen molar-refractivity contribution in [1.29, 1.82) is 0 Å². The van der Waals surface area contributed by atoms with Crippen molar-refractivity contribution in [3.05, 3.63) is 76.5 Å². The smallest absolute Gasteiger partial charge is 0.423 e. The molecular weight excluding hydrogens is 377 g/mol. The van der Waals surface area contributed by atoms with Gasteiger partial charge in [-0.25, -0.2) is 4.98 Å². The molecule has 0 radical (unpaired) electrons. The van der Waals surface area contributed by atoms with Crippen molar-refractivity contribution in [2.45, 2.75) is 6.18 Å². The first kappa shape index (κ1) is 19.1. The molecule has 28 heavy (non-hydrogen) atoms. The summed E-state index contributed by atoms with van der Waals surface area (Å²) in [6.45, 7) is 0. The van der Waals surface area contributed by atoms with Gasteiger partial charge in [-0.05, 0) is 18.2 Å². The van der Waals surface area contributed by atoms with Gasteiger partial charge in [0.25, 0.3) is 5.69 Å². The van der Waals surface area contributed by atoms with Gasteiger partial charge in [-0.3, -0.25) is 10.1 Å². The molecule has 0 spiro atoms. The summed E-state index contributed by atoms with van der Waals surface area (Å²) in [6, 6.07) is 13.6. The molecule has 10 heteroatoms. The Balaban J connectivity index is 2.06. The summed E-state index contributed by atoms with van der Waals surface area (Å²) in [5.41, 5.74) is -1.27. The average Bonchev–Trinajstić information content (AvgIpc) is 2.67. The van der Waals surface area contributed by atoms with Crippen molar-refractivity contribution in [1.82, 2.24) is 9.97 Å². The van der Waals surface area contributed by atoms with E-state index in [1.165, 1.54) is 42.3 Å². The average molecular weight is 390 g/mol. The molecule has 1 aromatic heterocycles. The van der Waals surface area contributed by atoms with E-state index in [4.69, 9.17) is 4.74 Å². The Bertz CT molecular complexity index is 997. The first-order valence-electron chi connectivity index (χ1n) is 7.91. The zero-order valence-corrected chi connectivity index (χ0v) is 14.4. The van der Waals surface area contributed by atoms with Gasteiger partial charge >= 0.3 is 6.18 Å². The highest BCUT2D eigenvalue weighted by Crippen LogP contribution is 2.38. The molecule has 0 saturated carbocycles. The Morgan fingerprint density at radius 3 is 2.36 bits per heavy atom. The second-order valence-corrected chi connectivity index (χ2v) is 5.61. The molecule has 0 fully saturated rings. The van der Waals surface area contributed by atoms with Crippen molar-refractivity contribution in [3.63, 3.8) is 0 Å². The number of anilines is 2. The van der Waals surface area contributed by atoms with Crippen LogP contribution in [-0.4, -0.2) is 21.9 Å². The molecule has 144 valence electrons. The summed E-state index contributed by atoms with van der Waals surface area (Å²) in [6.07, 6.45) is -4.15. The van der Waals surface area contributed by atoms with Gasteiger partial charge in [-0.2, -0.15) is 18.2 Å². The number of nitro benzene ring substituents is 1. The maximum Gasteiger partial charge on any atom is 0.423 e. The fourth-order valence-corrected chi connectivity index (χ4v) is 2.40. The number of nitro groups is 1. The summed E-state index contributed by atoms with van der Waals surface area (Å²) in [4.78, 5) is 19.4. The fraction of sp³-hybridized carbons (Fsp3) is 0.111. The Labute approximate surface area is 157 Å². The first-order chi connectivity index (χ1) is 13.3. The number of alkyl halides is 3. The fourth-order valence-electron chi connectivity index (χ4n) is 2.40. The Kier molecular flexibility index (Phi) is 5.12. The second-order valence-electron chi connectivity index (χ2n) is 5.61. The molecule has 0 unspecified atom stereocenters. The minimum atomic E-state index is -4.74. The van der Waals surface area contributed by atoms with Crippen LogP contribution in [-0.2, 0) is 6.18 Å². The lowest BCUT2D eigenvalue weighted by atomic mass is 10.2. The molecule has 2 aromatic carbocycles. The molecule has 3 aromatic rings. The summed E-state index contributed by atoms with van der Waals surface area (Å²) in [7, 11) is 1.41. The molecule has 0 aliphatic carbocycles. The largest absolute Gasteiger partial charge is 0.438 e. The van der Waals surface area contributed by atoms with E-state index in [1.54, 1.807) is 24.3 Å². The van der Waals surface area contributed by atoms with E-state index in [0.29, 0.717) is 6.20 Å². The predicted octanol–water partition coefficient (Wildman–Crippen LogP) is 4.96. The normalized spacial score (nSPS) is 11.1. The minimum absolute atomic E-state index is 0.123. The topological polar surface area (TPSA) is 81.4 Å². The van der Waals surface area contributed by atoms with Gasteiger partial charge in [0.15, 0.2) is 0 Å². The van der Waals surface area contributed by atoms with Crippen LogP contribution in [0.1, 0.15) is 5.56 Å². The zero-order chi connectivity index (χ0) is 20.3. The van der Waals surface area contributed by atoms with Gasteiger partial charge in [-0.15, -0.1) is 0 Å². The van der Waals surface area contributed by atoms with E-state index in [0.717, 1.165) is 0 Å². The highest BCUT2D eigenvalue weighted by molar-refractivity contribution is 5.68. The van der Waals surface area contributed by atoms with Crippen LogP contribution < -0.4 is 9.64 Å². The van der Waals surface area contributed by atoms with E-state index >= 15 is 0 Å². The molecule has 0 aliphatic heterocycles. The van der Waals surface area contributed by atoms with Crippen LogP contribution in [0.15, 0.2) is 60.8 Å². The van der Waals surface area contributed by atoms with Crippen LogP contribution >= 0.6 is 0 Å². The van der Waals surface area contributed by atoms with Gasteiger partial charge in [0, 0.05) is 19.3 Å². The molecule has 0 atom stereocenters. The molecule has 0 aliphatic rings. The van der Waals surface area contributed by atoms with E-state index in [2.05, 4.69) is 9.97 Å². The van der Waals surface area contributed by atoms with Gasteiger partial charge in [0.2, 0.25) is 11.8 Å². The SMILES string of the molecule is CN(c1ncc(C(F)(F)F)c(Oc2ccccc2)n1)c1ccccc1[N+](=O)[O-]. The van der Waals surface area contributed by atoms with E-state index in [1.807, 2.05) is 0 Å². The van der Waals surface area contributed by atoms with Gasteiger partial charge in [0.1, 0.15) is 17.0 Å². The Morgan fingerprint density at radius 1 is 1.07 bits per heavy atom. The molecule has 3 rings (SSSR count). The van der Waals surface area contributed by atoms with E-state index < -0.39 is 22.5 Å². The third-order valence-corrected chi connectivity index (χ3v) is 3.74. The van der Waals surface area contributed by atoms with Crippen LogP contribution in [0.2, 0.25) is 0 Å². The minimum Gasteiger partial charge on any atom is -0.438 e. The summed E-state index contributed by atoms with van der Waals surface area (Å²) in [5.74, 6) is -0.728. The summed E-state index contributed by atoms with van der Waals surface area (Å²) < 4.78 is 45.3. The molecule has 1 heterocycles. The lowest BCUT2D eigenvalue weighted by molar-refractivity contribution is -0.384. The van der Waals surface area contributed by atoms with Crippen molar-refractivity contribution in [2.24, 2.45) is 0 Å². The van der Waals surface area contributed by atoms with E-state index in [9.17, 15) is 23.3 Å². The number of hydrogen-bond acceptors (Lipinski definition) is 6. The monoisotopic (exact) mass is 390 g/mol. The third-order valence-electron chi connectivity index (χ3n) is 3.74. The maximum absolute atomic E-state index is 13.3. The summed E-state index contributed by atoms with van der Waals surface area (Å²) >= 11 is 0. The molecule has 7 nitrogen and oxygen atoms in total. The van der Waals surface area contributed by atoms with E-state index in [-0.39, 0.29) is 23.1 Å². The standard InChI is InChI=1S/C18H13F3N4O3/c1-24(14-9-5-6-10-15(14)25(26)27)17-22-11-13(18(19,20)21)16(23-17)28-12-7-3-2-4-8-12/h2-11H,1H3. The number of aromatic nitrogens is 2. The lowest BCUT2D eigenvalue weighted by Crippen LogP contribution is -2.17. The van der Waals surface area contributed by atoms with Crippen LogP contribution in [0, 0.1) is 10.1 Å². The number of hydrogen-bond donors (Lipinski definition) is 0. The van der Waals surface area contributed by atoms with Crippen molar-refractivity contribution in [3.8, 4) is 11.6 Å². The molecule has 0 N–H and O–H groups in total. The van der Waals surface area contributed by atoms with Gasteiger partial charge in [-0.1, -0.05) is 30.3 Å². The molecule has 0 saturated heterocycles. The number of para-hydroxylation sites is 3. The Hall–Kier alpha value is -3.69. The van der Waals surface area contributed by atoms with Gasteiger partial charge < -0.3 is 9.64 Å². The predicted molar refractivity (Wildman–Crippen MR) is 94.7 cm³/mol. The van der Waals surface area contributed by atoms with Crippen LogP contribution in [0.25, 0.3) is 0 Å². The lowest BCUT2D eigenvalue weighted by Gasteiger charge is -2.19. The van der Waals surface area contributed by atoms with Crippen molar-refractivity contribution in [2.75, 3.05) is 11.9 Å². The maximum atomic E-state index is 13.3. The zero-order valence-electron chi connectivity index (χ0n) is 14.4. The molecule has 0 bridgehead atoms. The third kappa shape index (κ3) is 4.00. The van der Waals surface area contributed by atoms with Crippen LogP contribution in [0.5, 0.6) is 11.6 Å². The van der Waals surface area contributed by atoms with Gasteiger partial charge in [0.05, 0.1) is 4.92 Å². The highest BCUT2D eigenvalue weighted by Gasteiger charge is 2.37. The Morgan fingerprint density at radius 2 is 1.71 bits per heavy atom. The highest BCUT2D eigenvalue weighted by atomic mass is 19.4. The summed E-state index contributed by atoms with van der Waals surface area (Å²) in [5, 5.41) is 11.2. The first-order valence-corrected chi connectivity index (χ1v) is 7.91. The number of ether oxygens (including phenoxy) is 1. The van der Waals surface area contributed by atoms with Crippen LogP contribution in [0.4, 0.5) is 30.5 Å². The number of benzene rings is 2. The van der Waals surface area contributed by atoms with Crippen molar-refractivity contribution >= 4 is 17.3 Å².